The van der Waals surface area contributed by atoms with Gasteiger partial charge in [-0.25, -0.2) is 0 Å². The number of hydrogen-bond acceptors (Lipinski definition) is 3. The molecule has 1 unspecified atom stereocenters. The molecule has 5 nitrogen and oxygen atoms in total. The van der Waals surface area contributed by atoms with Gasteiger partial charge in [0, 0.05) is 38.6 Å². The summed E-state index contributed by atoms with van der Waals surface area (Å²) in [5.41, 5.74) is 1.23. The number of nitrogens with one attached hydrogen (secondary N) is 1. The van der Waals surface area contributed by atoms with Crippen molar-refractivity contribution in [2.24, 2.45) is 5.92 Å². The van der Waals surface area contributed by atoms with Gasteiger partial charge >= 0.3 is 0 Å². The van der Waals surface area contributed by atoms with E-state index in [4.69, 9.17) is 4.74 Å². The van der Waals surface area contributed by atoms with Crippen molar-refractivity contribution < 1.29 is 14.3 Å². The summed E-state index contributed by atoms with van der Waals surface area (Å²) >= 11 is 0. The van der Waals surface area contributed by atoms with Crippen molar-refractivity contribution in [1.82, 2.24) is 10.2 Å². The molecule has 2 heterocycles. The summed E-state index contributed by atoms with van der Waals surface area (Å²) in [7, 11) is 0. The number of ether oxygens (including phenoxy) is 1. The zero-order valence-electron chi connectivity index (χ0n) is 13.4. The molecule has 1 aromatic carbocycles. The average molecular weight is 316 g/mol. The third-order valence-electron chi connectivity index (χ3n) is 4.67. The lowest BCUT2D eigenvalue weighted by Crippen LogP contribution is -2.42. The number of amides is 2. The van der Waals surface area contributed by atoms with Crippen LogP contribution in [0.25, 0.3) is 0 Å². The smallest absolute Gasteiger partial charge is 0.224 e. The Balaban J connectivity index is 1.46. The molecule has 5 heteroatoms. The van der Waals surface area contributed by atoms with Gasteiger partial charge in [-0.1, -0.05) is 30.3 Å². The lowest BCUT2D eigenvalue weighted by Gasteiger charge is -2.23. The fourth-order valence-electron chi connectivity index (χ4n) is 3.27. The normalized spacial score (nSPS) is 22.3. The van der Waals surface area contributed by atoms with E-state index < -0.39 is 0 Å². The lowest BCUT2D eigenvalue weighted by atomic mass is 9.99. The maximum Gasteiger partial charge on any atom is 0.224 e. The molecule has 0 saturated carbocycles. The van der Waals surface area contributed by atoms with Gasteiger partial charge in [0.1, 0.15) is 0 Å². The van der Waals surface area contributed by atoms with Crippen LogP contribution in [0.5, 0.6) is 0 Å². The SMILES string of the molecule is O=C(NC1CC(=O)N(CCc2ccccc2)C1)C1CCOCC1. The zero-order valence-corrected chi connectivity index (χ0v) is 13.4. The van der Waals surface area contributed by atoms with Gasteiger partial charge in [-0.2, -0.15) is 0 Å². The standard InChI is InChI=1S/C18H24N2O3/c21-17-12-16(19-18(22)15-7-10-23-11-8-15)13-20(17)9-6-14-4-2-1-3-5-14/h1-5,15-16H,6-13H2,(H,19,22). The molecule has 0 aliphatic carbocycles. The van der Waals surface area contributed by atoms with Gasteiger partial charge in [0.2, 0.25) is 11.8 Å². The molecule has 23 heavy (non-hydrogen) atoms. The first kappa shape index (κ1) is 16.0. The number of carbonyl (C=O) groups is 2. The van der Waals surface area contributed by atoms with E-state index in [-0.39, 0.29) is 23.8 Å². The molecule has 124 valence electrons. The van der Waals surface area contributed by atoms with E-state index in [1.165, 1.54) is 5.56 Å². The van der Waals surface area contributed by atoms with Crippen LogP contribution in [0.2, 0.25) is 0 Å². The van der Waals surface area contributed by atoms with Crippen molar-refractivity contribution in [3.63, 3.8) is 0 Å². The molecule has 2 amide bonds. The van der Waals surface area contributed by atoms with Crippen molar-refractivity contribution in [3.8, 4) is 0 Å². The van der Waals surface area contributed by atoms with Gasteiger partial charge in [0.15, 0.2) is 0 Å². The Hall–Kier alpha value is -1.88. The molecule has 2 aliphatic rings. The van der Waals surface area contributed by atoms with Crippen molar-refractivity contribution in [2.45, 2.75) is 31.7 Å². The predicted molar refractivity (Wildman–Crippen MR) is 86.8 cm³/mol. The number of rotatable bonds is 5. The molecule has 0 aromatic heterocycles. The van der Waals surface area contributed by atoms with Crippen molar-refractivity contribution in [2.75, 3.05) is 26.3 Å². The summed E-state index contributed by atoms with van der Waals surface area (Å²) in [5, 5.41) is 3.05. The van der Waals surface area contributed by atoms with Crippen molar-refractivity contribution in [3.05, 3.63) is 35.9 Å². The molecule has 0 spiro atoms. The lowest BCUT2D eigenvalue weighted by molar-refractivity contribution is -0.128. The Morgan fingerprint density at radius 3 is 2.70 bits per heavy atom. The van der Waals surface area contributed by atoms with E-state index in [2.05, 4.69) is 17.4 Å². The molecule has 3 rings (SSSR count). The van der Waals surface area contributed by atoms with E-state index in [9.17, 15) is 9.59 Å². The van der Waals surface area contributed by atoms with Crippen molar-refractivity contribution >= 4 is 11.8 Å². The van der Waals surface area contributed by atoms with E-state index in [1.54, 1.807) is 0 Å². The second-order valence-corrected chi connectivity index (χ2v) is 6.37. The minimum atomic E-state index is -0.0476. The van der Waals surface area contributed by atoms with E-state index in [0.29, 0.717) is 32.7 Å². The summed E-state index contributed by atoms with van der Waals surface area (Å²) < 4.78 is 5.29. The zero-order chi connectivity index (χ0) is 16.1. The van der Waals surface area contributed by atoms with E-state index >= 15 is 0 Å². The highest BCUT2D eigenvalue weighted by atomic mass is 16.5. The molecule has 1 atom stereocenters. The number of likely N-dealkylation sites (tertiary alicyclic amines) is 1. The molecular formula is C18H24N2O3. The third kappa shape index (κ3) is 4.32. The summed E-state index contributed by atoms with van der Waals surface area (Å²) in [6.07, 6.45) is 2.84. The third-order valence-corrected chi connectivity index (χ3v) is 4.67. The maximum absolute atomic E-state index is 12.3. The minimum absolute atomic E-state index is 0.0391. The van der Waals surface area contributed by atoms with Crippen LogP contribution in [0.1, 0.15) is 24.8 Å². The van der Waals surface area contributed by atoms with Gasteiger partial charge in [0.25, 0.3) is 0 Å². The van der Waals surface area contributed by atoms with Crippen molar-refractivity contribution in [1.29, 1.82) is 0 Å². The molecule has 1 N–H and O–H groups in total. The first-order chi connectivity index (χ1) is 11.2. The van der Waals surface area contributed by atoms with Crippen LogP contribution in [0.4, 0.5) is 0 Å². The van der Waals surface area contributed by atoms with E-state index in [0.717, 1.165) is 19.3 Å². The summed E-state index contributed by atoms with van der Waals surface area (Å²) in [6, 6.07) is 10.1. The number of benzene rings is 1. The Morgan fingerprint density at radius 2 is 1.96 bits per heavy atom. The van der Waals surface area contributed by atoms with Crippen LogP contribution >= 0.6 is 0 Å². The Kier molecular flexibility index (Phi) is 5.28. The van der Waals surface area contributed by atoms with Gasteiger partial charge in [0.05, 0.1) is 6.04 Å². The number of carbonyl (C=O) groups excluding carboxylic acids is 2. The average Bonchev–Trinajstić information content (AvgIpc) is 2.94. The van der Waals surface area contributed by atoms with Gasteiger partial charge in [-0.15, -0.1) is 0 Å². The van der Waals surface area contributed by atoms with Crippen LogP contribution in [0.15, 0.2) is 30.3 Å². The molecular weight excluding hydrogens is 292 g/mol. The molecule has 2 fully saturated rings. The van der Waals surface area contributed by atoms with Crippen LogP contribution in [0, 0.1) is 5.92 Å². The van der Waals surface area contributed by atoms with Gasteiger partial charge < -0.3 is 15.0 Å². The molecule has 2 saturated heterocycles. The quantitative estimate of drug-likeness (QED) is 0.893. The summed E-state index contributed by atoms with van der Waals surface area (Å²) in [4.78, 5) is 26.2. The molecule has 0 radical (unpaired) electrons. The molecule has 2 aliphatic heterocycles. The second-order valence-electron chi connectivity index (χ2n) is 6.37. The minimum Gasteiger partial charge on any atom is -0.381 e. The largest absolute Gasteiger partial charge is 0.381 e. The topological polar surface area (TPSA) is 58.6 Å². The van der Waals surface area contributed by atoms with Gasteiger partial charge in [-0.05, 0) is 24.8 Å². The molecule has 1 aromatic rings. The first-order valence-electron chi connectivity index (χ1n) is 8.42. The predicted octanol–water partition coefficient (Wildman–Crippen LogP) is 1.37. The van der Waals surface area contributed by atoms with E-state index in [1.807, 2.05) is 23.1 Å². The summed E-state index contributed by atoms with van der Waals surface area (Å²) in [6.45, 7) is 2.66. The number of nitrogens with zero attached hydrogens (tertiary/aromatic N) is 1. The van der Waals surface area contributed by atoms with Crippen LogP contribution in [0.3, 0.4) is 0 Å². The fraction of sp³-hybridized carbons (Fsp3) is 0.556. The van der Waals surface area contributed by atoms with Crippen LogP contribution < -0.4 is 5.32 Å². The summed E-state index contributed by atoms with van der Waals surface area (Å²) in [5.74, 6) is 0.256. The monoisotopic (exact) mass is 316 g/mol. The van der Waals surface area contributed by atoms with Crippen LogP contribution in [-0.2, 0) is 20.7 Å². The van der Waals surface area contributed by atoms with Gasteiger partial charge in [-0.3, -0.25) is 9.59 Å². The first-order valence-corrected chi connectivity index (χ1v) is 8.42. The highest BCUT2D eigenvalue weighted by Crippen LogP contribution is 2.17. The van der Waals surface area contributed by atoms with Crippen LogP contribution in [-0.4, -0.2) is 49.1 Å². The number of hydrogen-bond donors (Lipinski definition) is 1. The Labute approximate surface area is 137 Å². The maximum atomic E-state index is 12.3. The Bertz CT molecular complexity index is 540. The Morgan fingerprint density at radius 1 is 1.22 bits per heavy atom. The highest BCUT2D eigenvalue weighted by molar-refractivity contribution is 5.83. The highest BCUT2D eigenvalue weighted by Gasteiger charge is 2.32. The second kappa shape index (κ2) is 7.59. The fourth-order valence-corrected chi connectivity index (χ4v) is 3.27. The molecule has 0 bridgehead atoms.